The van der Waals surface area contributed by atoms with Gasteiger partial charge in [-0.3, -0.25) is 0 Å². The minimum Gasteiger partial charge on any atom is -0.487 e. The van der Waals surface area contributed by atoms with E-state index in [0.29, 0.717) is 40.9 Å². The van der Waals surface area contributed by atoms with Crippen LogP contribution in [-0.4, -0.2) is 21.1 Å². The van der Waals surface area contributed by atoms with Gasteiger partial charge < -0.3 is 15.2 Å². The Bertz CT molecular complexity index is 356. The number of fused-ring (bicyclic) bond motifs is 1. The standard InChI is InChI=1S/C8H7BClNO2/c9-6-7(10)4(11)3-5-8(6)13-2-1-12-5/h3H,1-2,11H2. The molecule has 0 aliphatic carbocycles. The first-order valence-electron chi connectivity index (χ1n) is 3.83. The lowest BCUT2D eigenvalue weighted by Crippen LogP contribution is -2.22. The second kappa shape index (κ2) is 3.03. The molecular weight excluding hydrogens is 188 g/mol. The molecule has 3 nitrogen and oxygen atoms in total. The smallest absolute Gasteiger partial charge is 0.162 e. The average molecular weight is 195 g/mol. The highest BCUT2D eigenvalue weighted by molar-refractivity contribution is 6.48. The number of halogens is 1. The average Bonchev–Trinajstić information content (AvgIpc) is 2.15. The van der Waals surface area contributed by atoms with Gasteiger partial charge in [0.15, 0.2) is 11.5 Å². The molecule has 2 radical (unpaired) electrons. The Morgan fingerprint density at radius 1 is 1.38 bits per heavy atom. The van der Waals surface area contributed by atoms with Gasteiger partial charge in [0.05, 0.1) is 10.7 Å². The zero-order chi connectivity index (χ0) is 9.42. The molecule has 1 aromatic carbocycles. The maximum absolute atomic E-state index is 5.83. The van der Waals surface area contributed by atoms with Gasteiger partial charge in [0.2, 0.25) is 0 Å². The van der Waals surface area contributed by atoms with Crippen molar-refractivity contribution in [1.82, 2.24) is 0 Å². The monoisotopic (exact) mass is 195 g/mol. The first-order valence-corrected chi connectivity index (χ1v) is 4.21. The zero-order valence-electron chi connectivity index (χ0n) is 6.84. The van der Waals surface area contributed by atoms with Crippen LogP contribution in [0.5, 0.6) is 11.5 Å². The summed E-state index contributed by atoms with van der Waals surface area (Å²) >= 11 is 5.83. The summed E-state index contributed by atoms with van der Waals surface area (Å²) in [4.78, 5) is 0. The van der Waals surface area contributed by atoms with E-state index in [9.17, 15) is 0 Å². The van der Waals surface area contributed by atoms with E-state index >= 15 is 0 Å². The van der Waals surface area contributed by atoms with Crippen molar-refractivity contribution in [2.24, 2.45) is 0 Å². The van der Waals surface area contributed by atoms with Gasteiger partial charge in [-0.25, -0.2) is 0 Å². The Balaban J connectivity index is 2.60. The molecule has 1 heterocycles. The molecule has 2 N–H and O–H groups in total. The van der Waals surface area contributed by atoms with Gasteiger partial charge >= 0.3 is 0 Å². The third-order valence-electron chi connectivity index (χ3n) is 1.83. The quantitative estimate of drug-likeness (QED) is 0.484. The van der Waals surface area contributed by atoms with E-state index in [1.54, 1.807) is 6.07 Å². The second-order valence-corrected chi connectivity index (χ2v) is 3.10. The number of benzene rings is 1. The summed E-state index contributed by atoms with van der Waals surface area (Å²) in [5.41, 5.74) is 6.35. The first-order chi connectivity index (χ1) is 6.20. The van der Waals surface area contributed by atoms with Crippen molar-refractivity contribution < 1.29 is 9.47 Å². The molecule has 0 spiro atoms. The minimum atomic E-state index is 0.323. The van der Waals surface area contributed by atoms with Gasteiger partial charge in [0.25, 0.3) is 0 Å². The number of nitrogen functional groups attached to an aromatic ring is 1. The molecule has 13 heavy (non-hydrogen) atoms. The van der Waals surface area contributed by atoms with Crippen LogP contribution in [0, 0.1) is 0 Å². The second-order valence-electron chi connectivity index (χ2n) is 2.72. The summed E-state index contributed by atoms with van der Waals surface area (Å²) in [5.74, 6) is 1.05. The van der Waals surface area contributed by atoms with Crippen molar-refractivity contribution in [3.8, 4) is 11.5 Å². The molecule has 0 amide bonds. The fourth-order valence-electron chi connectivity index (χ4n) is 1.21. The molecule has 1 aromatic rings. The fraction of sp³-hybridized carbons (Fsp3) is 0.250. The van der Waals surface area contributed by atoms with Gasteiger partial charge in [0.1, 0.15) is 21.1 Å². The van der Waals surface area contributed by atoms with E-state index < -0.39 is 0 Å². The predicted octanol–water partition coefficient (Wildman–Crippen LogP) is 0.487. The Labute approximate surface area is 82.2 Å². The highest BCUT2D eigenvalue weighted by atomic mass is 35.5. The van der Waals surface area contributed by atoms with Crippen LogP contribution in [0.1, 0.15) is 0 Å². The largest absolute Gasteiger partial charge is 0.487 e. The van der Waals surface area contributed by atoms with Gasteiger partial charge in [0, 0.05) is 6.07 Å². The van der Waals surface area contributed by atoms with E-state index in [1.165, 1.54) is 0 Å². The van der Waals surface area contributed by atoms with E-state index in [4.69, 9.17) is 34.7 Å². The summed E-state index contributed by atoms with van der Waals surface area (Å²) in [5, 5.41) is 0.323. The van der Waals surface area contributed by atoms with E-state index in [0.717, 1.165) is 0 Å². The highest BCUT2D eigenvalue weighted by Crippen LogP contribution is 2.33. The van der Waals surface area contributed by atoms with Crippen molar-refractivity contribution in [3.05, 3.63) is 11.1 Å². The van der Waals surface area contributed by atoms with Crippen molar-refractivity contribution >= 4 is 30.6 Å². The highest BCUT2D eigenvalue weighted by Gasteiger charge is 2.17. The van der Waals surface area contributed by atoms with E-state index in [1.807, 2.05) is 0 Å². The number of nitrogens with two attached hydrogens (primary N) is 1. The molecule has 1 aliphatic rings. The maximum atomic E-state index is 5.83. The molecule has 1 aliphatic heterocycles. The summed E-state index contributed by atoms with van der Waals surface area (Å²) in [6.07, 6.45) is 0. The van der Waals surface area contributed by atoms with Crippen molar-refractivity contribution in [1.29, 1.82) is 0 Å². The summed E-state index contributed by atoms with van der Waals surface area (Å²) < 4.78 is 10.6. The van der Waals surface area contributed by atoms with Gasteiger partial charge in [-0.2, -0.15) is 0 Å². The van der Waals surface area contributed by atoms with Crippen LogP contribution in [0.15, 0.2) is 6.07 Å². The predicted molar refractivity (Wildman–Crippen MR) is 52.2 cm³/mol. The van der Waals surface area contributed by atoms with Crippen molar-refractivity contribution in [2.75, 3.05) is 18.9 Å². The molecule has 0 unspecified atom stereocenters. The Kier molecular flexibility index (Phi) is 2.00. The molecule has 66 valence electrons. The maximum Gasteiger partial charge on any atom is 0.162 e. The van der Waals surface area contributed by atoms with Crippen molar-refractivity contribution in [3.63, 3.8) is 0 Å². The van der Waals surface area contributed by atoms with Gasteiger partial charge in [-0.15, -0.1) is 0 Å². The minimum absolute atomic E-state index is 0.323. The molecule has 0 bridgehead atoms. The van der Waals surface area contributed by atoms with Crippen LogP contribution in [0.2, 0.25) is 5.02 Å². The van der Waals surface area contributed by atoms with Crippen LogP contribution >= 0.6 is 11.6 Å². The van der Waals surface area contributed by atoms with Crippen LogP contribution < -0.4 is 20.7 Å². The number of anilines is 1. The molecule has 0 saturated carbocycles. The van der Waals surface area contributed by atoms with Crippen LogP contribution in [0.4, 0.5) is 5.69 Å². The summed E-state index contributed by atoms with van der Waals surface area (Å²) in [7, 11) is 5.69. The number of hydrogen-bond donors (Lipinski definition) is 1. The molecule has 2 rings (SSSR count). The normalized spacial score (nSPS) is 14.2. The Morgan fingerprint density at radius 3 is 2.85 bits per heavy atom. The molecule has 0 fully saturated rings. The lowest BCUT2D eigenvalue weighted by Gasteiger charge is -2.21. The van der Waals surface area contributed by atoms with E-state index in [-0.39, 0.29) is 0 Å². The molecule has 5 heteroatoms. The first kappa shape index (κ1) is 8.57. The van der Waals surface area contributed by atoms with Crippen LogP contribution in [0.25, 0.3) is 0 Å². The van der Waals surface area contributed by atoms with Gasteiger partial charge in [-0.1, -0.05) is 11.6 Å². The molecule has 0 atom stereocenters. The third-order valence-corrected chi connectivity index (χ3v) is 2.25. The lowest BCUT2D eigenvalue weighted by atomic mass is 9.93. The number of rotatable bonds is 0. The Morgan fingerprint density at radius 2 is 2.08 bits per heavy atom. The SMILES string of the molecule is [B]c1c(Cl)c(N)cc2c1OCCO2. The number of hydrogen-bond acceptors (Lipinski definition) is 3. The molecular formula is C8H7BClNO2. The molecule has 0 saturated heterocycles. The zero-order valence-corrected chi connectivity index (χ0v) is 7.60. The van der Waals surface area contributed by atoms with Crippen LogP contribution in [0.3, 0.4) is 0 Å². The lowest BCUT2D eigenvalue weighted by molar-refractivity contribution is 0.173. The topological polar surface area (TPSA) is 44.5 Å². The van der Waals surface area contributed by atoms with Crippen LogP contribution in [-0.2, 0) is 0 Å². The fourth-order valence-corrected chi connectivity index (χ4v) is 1.35. The Hall–Kier alpha value is -1.03. The number of ether oxygens (including phenoxy) is 2. The summed E-state index contributed by atoms with van der Waals surface area (Å²) in [6.45, 7) is 0.991. The van der Waals surface area contributed by atoms with Gasteiger partial charge in [-0.05, 0) is 5.46 Å². The van der Waals surface area contributed by atoms with E-state index in [2.05, 4.69) is 0 Å². The van der Waals surface area contributed by atoms with Crippen molar-refractivity contribution in [2.45, 2.75) is 0 Å². The summed E-state index contributed by atoms with van der Waals surface area (Å²) in [6, 6.07) is 1.62. The molecule has 0 aromatic heterocycles. The third kappa shape index (κ3) is 1.31.